The summed E-state index contributed by atoms with van der Waals surface area (Å²) < 4.78 is 5.54. The summed E-state index contributed by atoms with van der Waals surface area (Å²) in [5, 5.41) is -0.0597. The molecule has 0 spiro atoms. The van der Waals surface area contributed by atoms with Gasteiger partial charge in [0.2, 0.25) is 0 Å². The Labute approximate surface area is 151 Å². The SMILES string of the molecule is CCCOc1ccc(C2=C(Cl)C(=O)N(c3ccccc3C)C2=O)cc1. The Morgan fingerprint density at radius 3 is 2.32 bits per heavy atom. The maximum atomic E-state index is 12.9. The molecular formula is C20H18ClNO3. The zero-order chi connectivity index (χ0) is 18.0. The van der Waals surface area contributed by atoms with Gasteiger partial charge in [-0.15, -0.1) is 0 Å². The molecule has 0 unspecified atom stereocenters. The zero-order valence-electron chi connectivity index (χ0n) is 14.1. The molecule has 0 saturated carbocycles. The van der Waals surface area contributed by atoms with E-state index in [1.165, 1.54) is 0 Å². The minimum Gasteiger partial charge on any atom is -0.494 e. The average Bonchev–Trinajstić information content (AvgIpc) is 2.84. The van der Waals surface area contributed by atoms with Crippen molar-refractivity contribution in [1.29, 1.82) is 0 Å². The predicted octanol–water partition coefficient (Wildman–Crippen LogP) is 4.31. The summed E-state index contributed by atoms with van der Waals surface area (Å²) in [5.74, 6) is -0.191. The maximum absolute atomic E-state index is 12.9. The number of amides is 2. The second-order valence-electron chi connectivity index (χ2n) is 5.79. The number of ether oxygens (including phenoxy) is 1. The number of nitrogens with zero attached hydrogens (tertiary/aromatic N) is 1. The summed E-state index contributed by atoms with van der Waals surface area (Å²) in [7, 11) is 0. The van der Waals surface area contributed by atoms with Crippen LogP contribution in [0.15, 0.2) is 53.6 Å². The van der Waals surface area contributed by atoms with E-state index in [-0.39, 0.29) is 10.6 Å². The lowest BCUT2D eigenvalue weighted by atomic mass is 10.1. The smallest absolute Gasteiger partial charge is 0.277 e. The monoisotopic (exact) mass is 355 g/mol. The van der Waals surface area contributed by atoms with Crippen LogP contribution >= 0.6 is 11.6 Å². The molecular weight excluding hydrogens is 338 g/mol. The van der Waals surface area contributed by atoms with Crippen LogP contribution in [0.2, 0.25) is 0 Å². The summed E-state index contributed by atoms with van der Waals surface area (Å²) in [5.41, 5.74) is 2.20. The molecule has 25 heavy (non-hydrogen) atoms. The highest BCUT2D eigenvalue weighted by molar-refractivity contribution is 6.60. The Morgan fingerprint density at radius 1 is 1.00 bits per heavy atom. The van der Waals surface area contributed by atoms with E-state index in [0.717, 1.165) is 22.6 Å². The summed E-state index contributed by atoms with van der Waals surface area (Å²) >= 11 is 6.21. The van der Waals surface area contributed by atoms with Crippen LogP contribution in [0.25, 0.3) is 5.57 Å². The number of aryl methyl sites for hydroxylation is 1. The lowest BCUT2D eigenvalue weighted by Crippen LogP contribution is -2.31. The first-order valence-corrected chi connectivity index (χ1v) is 8.49. The van der Waals surface area contributed by atoms with Gasteiger partial charge in [-0.1, -0.05) is 48.9 Å². The van der Waals surface area contributed by atoms with E-state index in [1.807, 2.05) is 26.0 Å². The molecule has 0 saturated heterocycles. The van der Waals surface area contributed by atoms with Crippen LogP contribution in [-0.2, 0) is 9.59 Å². The number of hydrogen-bond acceptors (Lipinski definition) is 3. The van der Waals surface area contributed by atoms with Gasteiger partial charge >= 0.3 is 0 Å². The minimum absolute atomic E-state index is 0.0597. The third-order valence-electron chi connectivity index (χ3n) is 4.00. The van der Waals surface area contributed by atoms with Crippen LogP contribution in [0.4, 0.5) is 5.69 Å². The number of para-hydroxylation sites is 1. The molecule has 4 nitrogen and oxygen atoms in total. The zero-order valence-corrected chi connectivity index (χ0v) is 14.8. The summed E-state index contributed by atoms with van der Waals surface area (Å²) in [6.45, 7) is 4.50. The van der Waals surface area contributed by atoms with Crippen LogP contribution < -0.4 is 9.64 Å². The first kappa shape index (κ1) is 17.2. The molecule has 1 aliphatic rings. The van der Waals surface area contributed by atoms with Crippen molar-refractivity contribution in [2.45, 2.75) is 20.3 Å². The molecule has 2 amide bonds. The van der Waals surface area contributed by atoms with Gasteiger partial charge in [0.15, 0.2) is 0 Å². The average molecular weight is 356 g/mol. The van der Waals surface area contributed by atoms with E-state index < -0.39 is 11.8 Å². The van der Waals surface area contributed by atoms with E-state index in [2.05, 4.69) is 0 Å². The fraction of sp³-hybridized carbons (Fsp3) is 0.200. The van der Waals surface area contributed by atoms with Crippen molar-refractivity contribution >= 4 is 34.7 Å². The fourth-order valence-corrected chi connectivity index (χ4v) is 3.00. The maximum Gasteiger partial charge on any atom is 0.277 e. The first-order chi connectivity index (χ1) is 12.0. The van der Waals surface area contributed by atoms with E-state index in [1.54, 1.807) is 36.4 Å². The van der Waals surface area contributed by atoms with Crippen molar-refractivity contribution < 1.29 is 14.3 Å². The van der Waals surface area contributed by atoms with E-state index >= 15 is 0 Å². The molecule has 0 bridgehead atoms. The predicted molar refractivity (Wildman–Crippen MR) is 98.7 cm³/mol. The molecule has 0 aromatic heterocycles. The molecule has 1 aliphatic heterocycles. The van der Waals surface area contributed by atoms with Gasteiger partial charge in [-0.3, -0.25) is 9.59 Å². The highest BCUT2D eigenvalue weighted by Crippen LogP contribution is 2.36. The van der Waals surface area contributed by atoms with Crippen LogP contribution in [0.1, 0.15) is 24.5 Å². The van der Waals surface area contributed by atoms with Crippen LogP contribution in [0, 0.1) is 6.92 Å². The topological polar surface area (TPSA) is 46.6 Å². The quantitative estimate of drug-likeness (QED) is 0.751. The Morgan fingerprint density at radius 2 is 1.68 bits per heavy atom. The van der Waals surface area contributed by atoms with Gasteiger partial charge in [0, 0.05) is 0 Å². The van der Waals surface area contributed by atoms with Gasteiger partial charge in [0.1, 0.15) is 10.8 Å². The van der Waals surface area contributed by atoms with Gasteiger partial charge < -0.3 is 4.74 Å². The van der Waals surface area contributed by atoms with Crippen LogP contribution in [0.5, 0.6) is 5.75 Å². The Hall–Kier alpha value is -2.59. The number of benzene rings is 2. The molecule has 0 N–H and O–H groups in total. The summed E-state index contributed by atoms with van der Waals surface area (Å²) in [6, 6.07) is 14.3. The number of anilines is 1. The van der Waals surface area contributed by atoms with Crippen molar-refractivity contribution in [2.75, 3.05) is 11.5 Å². The molecule has 2 aromatic carbocycles. The number of imide groups is 1. The van der Waals surface area contributed by atoms with Gasteiger partial charge in [0.25, 0.3) is 11.8 Å². The van der Waals surface area contributed by atoms with Crippen LogP contribution in [0.3, 0.4) is 0 Å². The summed E-state index contributed by atoms with van der Waals surface area (Å²) in [4.78, 5) is 26.6. The number of carbonyl (C=O) groups is 2. The van der Waals surface area contributed by atoms with Gasteiger partial charge in [-0.05, 0) is 42.7 Å². The van der Waals surface area contributed by atoms with Crippen molar-refractivity contribution in [1.82, 2.24) is 0 Å². The first-order valence-electron chi connectivity index (χ1n) is 8.12. The molecule has 2 aromatic rings. The largest absolute Gasteiger partial charge is 0.494 e. The van der Waals surface area contributed by atoms with E-state index in [9.17, 15) is 9.59 Å². The van der Waals surface area contributed by atoms with Gasteiger partial charge in [0.05, 0.1) is 17.9 Å². The lowest BCUT2D eigenvalue weighted by molar-refractivity contribution is -0.119. The number of rotatable bonds is 5. The Balaban J connectivity index is 1.93. The second-order valence-corrected chi connectivity index (χ2v) is 6.17. The Kier molecular flexibility index (Phi) is 4.91. The van der Waals surface area contributed by atoms with E-state index in [0.29, 0.717) is 17.9 Å². The molecule has 1 heterocycles. The lowest BCUT2D eigenvalue weighted by Gasteiger charge is -2.17. The van der Waals surface area contributed by atoms with Crippen molar-refractivity contribution in [3.05, 3.63) is 64.7 Å². The molecule has 0 aliphatic carbocycles. The number of halogens is 1. The highest BCUT2D eigenvalue weighted by Gasteiger charge is 2.39. The highest BCUT2D eigenvalue weighted by atomic mass is 35.5. The number of carbonyl (C=O) groups excluding carboxylic acids is 2. The third-order valence-corrected chi connectivity index (χ3v) is 4.35. The Bertz CT molecular complexity index is 855. The van der Waals surface area contributed by atoms with Crippen molar-refractivity contribution in [3.8, 4) is 5.75 Å². The molecule has 0 fully saturated rings. The fourth-order valence-electron chi connectivity index (χ4n) is 2.72. The normalized spacial score (nSPS) is 14.4. The molecule has 0 atom stereocenters. The summed E-state index contributed by atoms with van der Waals surface area (Å²) in [6.07, 6.45) is 0.914. The third kappa shape index (κ3) is 3.17. The van der Waals surface area contributed by atoms with Gasteiger partial charge in [-0.2, -0.15) is 0 Å². The van der Waals surface area contributed by atoms with Crippen molar-refractivity contribution in [3.63, 3.8) is 0 Å². The minimum atomic E-state index is -0.498. The standard InChI is InChI=1S/C20H18ClNO3/c1-3-12-25-15-10-8-14(9-11-15)17-18(21)20(24)22(19(17)23)16-7-5-4-6-13(16)2/h4-11H,3,12H2,1-2H3. The molecule has 5 heteroatoms. The molecule has 0 radical (unpaired) electrons. The van der Waals surface area contributed by atoms with Crippen molar-refractivity contribution in [2.24, 2.45) is 0 Å². The second kappa shape index (κ2) is 7.11. The van der Waals surface area contributed by atoms with E-state index in [4.69, 9.17) is 16.3 Å². The molecule has 128 valence electrons. The van der Waals surface area contributed by atoms with Crippen LogP contribution in [-0.4, -0.2) is 18.4 Å². The number of hydrogen-bond donors (Lipinski definition) is 0. The molecule has 3 rings (SSSR count). The van der Waals surface area contributed by atoms with Gasteiger partial charge in [-0.25, -0.2) is 4.90 Å².